The maximum atomic E-state index is 5.88. The van der Waals surface area contributed by atoms with Crippen molar-refractivity contribution in [2.24, 2.45) is 5.73 Å². The van der Waals surface area contributed by atoms with Crippen LogP contribution in [0, 0.1) is 6.92 Å². The summed E-state index contributed by atoms with van der Waals surface area (Å²) in [5.41, 5.74) is 12.1. The smallest absolute Gasteiger partial charge is 0.0669 e. The molecule has 2 aromatic rings. The molecular formula is C16H23N3. The Labute approximate surface area is 115 Å². The third-order valence-corrected chi connectivity index (χ3v) is 3.58. The minimum atomic E-state index is 0.584. The highest BCUT2D eigenvalue weighted by Gasteiger charge is 2.14. The molecule has 0 saturated heterocycles. The van der Waals surface area contributed by atoms with Gasteiger partial charge in [0, 0.05) is 17.8 Å². The Balaban J connectivity index is 2.34. The second-order valence-corrected chi connectivity index (χ2v) is 4.93. The normalized spacial score (nSPS) is 10.9. The van der Waals surface area contributed by atoms with Gasteiger partial charge in [-0.3, -0.25) is 4.68 Å². The van der Waals surface area contributed by atoms with E-state index in [2.05, 4.69) is 49.7 Å². The average Bonchev–Trinajstić information content (AvgIpc) is 2.78. The average molecular weight is 257 g/mol. The predicted octanol–water partition coefficient (Wildman–Crippen LogP) is 2.82. The monoisotopic (exact) mass is 257 g/mol. The number of hydrogen-bond donors (Lipinski definition) is 1. The molecule has 1 aromatic heterocycles. The molecule has 3 heteroatoms. The molecule has 0 amide bonds. The Hall–Kier alpha value is -1.61. The highest BCUT2D eigenvalue weighted by atomic mass is 15.3. The van der Waals surface area contributed by atoms with Crippen molar-refractivity contribution in [1.82, 2.24) is 9.78 Å². The van der Waals surface area contributed by atoms with Crippen molar-refractivity contribution in [3.8, 4) is 0 Å². The Bertz CT molecular complexity index is 538. The van der Waals surface area contributed by atoms with Gasteiger partial charge in [0.2, 0.25) is 0 Å². The molecule has 0 aliphatic carbocycles. The summed E-state index contributed by atoms with van der Waals surface area (Å²) in [5, 5.41) is 4.72. The Morgan fingerprint density at radius 1 is 1.11 bits per heavy atom. The van der Waals surface area contributed by atoms with E-state index in [0.29, 0.717) is 6.54 Å². The summed E-state index contributed by atoms with van der Waals surface area (Å²) in [6, 6.07) is 8.64. The van der Waals surface area contributed by atoms with Gasteiger partial charge in [0.1, 0.15) is 0 Å². The molecule has 0 spiro atoms. The summed E-state index contributed by atoms with van der Waals surface area (Å²) in [7, 11) is 0. The molecular weight excluding hydrogens is 234 g/mol. The first-order valence-corrected chi connectivity index (χ1v) is 7.02. The maximum absolute atomic E-state index is 5.88. The van der Waals surface area contributed by atoms with Crippen LogP contribution in [0.3, 0.4) is 0 Å². The highest BCUT2D eigenvalue weighted by Crippen LogP contribution is 2.17. The maximum Gasteiger partial charge on any atom is 0.0669 e. The van der Waals surface area contributed by atoms with Crippen molar-refractivity contribution < 1.29 is 0 Å². The third kappa shape index (κ3) is 2.87. The lowest BCUT2D eigenvalue weighted by Crippen LogP contribution is -2.08. The zero-order valence-corrected chi connectivity index (χ0v) is 12.1. The first kappa shape index (κ1) is 13.8. The van der Waals surface area contributed by atoms with E-state index < -0.39 is 0 Å². The molecule has 102 valence electrons. The largest absolute Gasteiger partial charge is 0.326 e. The number of nitrogens with zero attached hydrogens (tertiary/aromatic N) is 2. The third-order valence-electron chi connectivity index (χ3n) is 3.58. The molecule has 0 unspecified atom stereocenters. The van der Waals surface area contributed by atoms with Crippen molar-refractivity contribution >= 4 is 0 Å². The van der Waals surface area contributed by atoms with Crippen LogP contribution >= 0.6 is 0 Å². The second kappa shape index (κ2) is 6.02. The Morgan fingerprint density at radius 3 is 2.32 bits per heavy atom. The zero-order chi connectivity index (χ0) is 13.8. The van der Waals surface area contributed by atoms with Crippen molar-refractivity contribution in [2.45, 2.75) is 46.7 Å². The number of benzene rings is 1. The molecule has 0 aliphatic rings. The molecule has 0 bridgehead atoms. The molecule has 2 rings (SSSR count). The number of aromatic nitrogens is 2. The van der Waals surface area contributed by atoms with Crippen LogP contribution < -0.4 is 5.73 Å². The van der Waals surface area contributed by atoms with Crippen LogP contribution in [0.2, 0.25) is 0 Å². The van der Waals surface area contributed by atoms with Gasteiger partial charge in [-0.05, 0) is 25.3 Å². The Morgan fingerprint density at radius 2 is 1.79 bits per heavy atom. The van der Waals surface area contributed by atoms with E-state index in [1.54, 1.807) is 0 Å². The van der Waals surface area contributed by atoms with Gasteiger partial charge < -0.3 is 5.73 Å². The Kier molecular flexibility index (Phi) is 4.38. The van der Waals surface area contributed by atoms with E-state index in [1.807, 2.05) is 0 Å². The molecule has 1 aromatic carbocycles. The van der Waals surface area contributed by atoms with Gasteiger partial charge in [-0.15, -0.1) is 0 Å². The SMILES string of the molecule is CCc1nn(Cc2ccc(C)cc2)c(CC)c1CN. The van der Waals surface area contributed by atoms with Gasteiger partial charge in [0.05, 0.1) is 12.2 Å². The zero-order valence-electron chi connectivity index (χ0n) is 12.1. The van der Waals surface area contributed by atoms with E-state index in [9.17, 15) is 0 Å². The summed E-state index contributed by atoms with van der Waals surface area (Å²) in [6.45, 7) is 7.83. The fraction of sp³-hybridized carbons (Fsp3) is 0.438. The lowest BCUT2D eigenvalue weighted by atomic mass is 10.1. The van der Waals surface area contributed by atoms with Gasteiger partial charge in [-0.2, -0.15) is 5.10 Å². The van der Waals surface area contributed by atoms with Crippen LogP contribution in [-0.2, 0) is 25.9 Å². The van der Waals surface area contributed by atoms with Crippen LogP contribution in [0.15, 0.2) is 24.3 Å². The van der Waals surface area contributed by atoms with Crippen LogP contribution in [0.5, 0.6) is 0 Å². The van der Waals surface area contributed by atoms with E-state index in [1.165, 1.54) is 22.4 Å². The van der Waals surface area contributed by atoms with E-state index in [-0.39, 0.29) is 0 Å². The minimum absolute atomic E-state index is 0.584. The van der Waals surface area contributed by atoms with Crippen molar-refractivity contribution in [3.63, 3.8) is 0 Å². The molecule has 0 aliphatic heterocycles. The van der Waals surface area contributed by atoms with Crippen LogP contribution in [0.25, 0.3) is 0 Å². The number of rotatable bonds is 5. The quantitative estimate of drug-likeness (QED) is 0.895. The molecule has 1 heterocycles. The van der Waals surface area contributed by atoms with Gasteiger partial charge in [0.25, 0.3) is 0 Å². The lowest BCUT2D eigenvalue weighted by molar-refractivity contribution is 0.639. The fourth-order valence-electron chi connectivity index (χ4n) is 2.50. The number of nitrogens with two attached hydrogens (primary N) is 1. The standard InChI is InChI=1S/C16H23N3/c1-4-15-14(10-17)16(5-2)19(18-15)11-13-8-6-12(3)7-9-13/h6-9H,4-5,10-11,17H2,1-3H3. The first-order chi connectivity index (χ1) is 9.19. The lowest BCUT2D eigenvalue weighted by Gasteiger charge is -2.07. The van der Waals surface area contributed by atoms with Crippen LogP contribution in [0.1, 0.15) is 41.9 Å². The highest BCUT2D eigenvalue weighted by molar-refractivity contribution is 5.28. The number of hydrogen-bond acceptors (Lipinski definition) is 2. The van der Waals surface area contributed by atoms with Crippen molar-refractivity contribution in [3.05, 3.63) is 52.3 Å². The minimum Gasteiger partial charge on any atom is -0.326 e. The van der Waals surface area contributed by atoms with Crippen LogP contribution in [-0.4, -0.2) is 9.78 Å². The number of aryl methyl sites for hydroxylation is 2. The first-order valence-electron chi connectivity index (χ1n) is 7.02. The summed E-state index contributed by atoms with van der Waals surface area (Å²) >= 11 is 0. The molecule has 19 heavy (non-hydrogen) atoms. The van der Waals surface area contributed by atoms with Gasteiger partial charge in [-0.25, -0.2) is 0 Å². The summed E-state index contributed by atoms with van der Waals surface area (Å²) in [4.78, 5) is 0. The molecule has 3 nitrogen and oxygen atoms in total. The molecule has 2 N–H and O–H groups in total. The van der Waals surface area contributed by atoms with Gasteiger partial charge >= 0.3 is 0 Å². The topological polar surface area (TPSA) is 43.8 Å². The molecule has 0 fully saturated rings. The van der Waals surface area contributed by atoms with E-state index in [0.717, 1.165) is 25.1 Å². The van der Waals surface area contributed by atoms with Crippen molar-refractivity contribution in [2.75, 3.05) is 0 Å². The van der Waals surface area contributed by atoms with Crippen molar-refractivity contribution in [1.29, 1.82) is 0 Å². The van der Waals surface area contributed by atoms with Gasteiger partial charge in [-0.1, -0.05) is 43.7 Å². The van der Waals surface area contributed by atoms with Crippen LogP contribution in [0.4, 0.5) is 0 Å². The predicted molar refractivity (Wildman–Crippen MR) is 79.2 cm³/mol. The molecule has 0 radical (unpaired) electrons. The second-order valence-electron chi connectivity index (χ2n) is 4.93. The fourth-order valence-corrected chi connectivity index (χ4v) is 2.50. The molecule has 0 atom stereocenters. The summed E-state index contributed by atoms with van der Waals surface area (Å²) < 4.78 is 2.12. The van der Waals surface area contributed by atoms with E-state index in [4.69, 9.17) is 10.8 Å². The summed E-state index contributed by atoms with van der Waals surface area (Å²) in [5.74, 6) is 0. The van der Waals surface area contributed by atoms with Gasteiger partial charge in [0.15, 0.2) is 0 Å². The van der Waals surface area contributed by atoms with E-state index >= 15 is 0 Å². The summed E-state index contributed by atoms with van der Waals surface area (Å²) in [6.07, 6.45) is 1.92. The molecule has 0 saturated carbocycles.